The van der Waals surface area contributed by atoms with Gasteiger partial charge in [0.15, 0.2) is 11.6 Å². The number of hydrogen-bond donors (Lipinski definition) is 0. The average Bonchev–Trinajstić information content (AvgIpc) is 3.19. The van der Waals surface area contributed by atoms with Crippen molar-refractivity contribution in [3.63, 3.8) is 0 Å². The molecule has 3 heteroatoms. The lowest BCUT2D eigenvalue weighted by molar-refractivity contribution is 1.07. The summed E-state index contributed by atoms with van der Waals surface area (Å²) in [6, 6.07) is 63.9. The van der Waals surface area contributed by atoms with Gasteiger partial charge in [-0.05, 0) is 67.8 Å². The molecule has 3 nitrogen and oxygen atoms in total. The zero-order valence-electron chi connectivity index (χ0n) is 26.2. The summed E-state index contributed by atoms with van der Waals surface area (Å²) in [6.45, 7) is 0. The van der Waals surface area contributed by atoms with Crippen LogP contribution in [-0.2, 0) is 0 Å². The lowest BCUT2D eigenvalue weighted by atomic mass is 9.79. The molecule has 0 aliphatic heterocycles. The molecule has 226 valence electrons. The number of benzene rings is 7. The van der Waals surface area contributed by atoms with Crippen molar-refractivity contribution < 1.29 is 0 Å². The van der Waals surface area contributed by atoms with Crippen LogP contribution in [0.15, 0.2) is 188 Å². The summed E-state index contributed by atoms with van der Waals surface area (Å²) in [4.78, 5) is 14.0. The first-order chi connectivity index (χ1) is 23.8. The van der Waals surface area contributed by atoms with E-state index in [1.54, 1.807) is 6.33 Å². The second-order valence-corrected chi connectivity index (χ2v) is 11.6. The number of hydrogen-bond acceptors (Lipinski definition) is 3. The Balaban J connectivity index is 1.44. The quantitative estimate of drug-likeness (QED) is 0.179. The highest BCUT2D eigenvalue weighted by molar-refractivity contribution is 6.07. The Morgan fingerprint density at radius 1 is 0.271 bits per heavy atom. The second-order valence-electron chi connectivity index (χ2n) is 11.6. The number of rotatable bonds is 7. The molecule has 1 heterocycles. The summed E-state index contributed by atoms with van der Waals surface area (Å²) in [6.07, 6.45) is 1.60. The van der Waals surface area contributed by atoms with Gasteiger partial charge in [-0.3, -0.25) is 0 Å². The summed E-state index contributed by atoms with van der Waals surface area (Å²) in [5.41, 5.74) is 13.5. The standard InChI is InChI=1S/C45H31N3/c1-6-17-32(18-7-1)39-30-40(37-27-16-28-38(29-37)45-47-31-46-44(48-45)36-25-14-5-15-26-36)42(34-21-10-3-11-22-34)43(35-23-12-4-13-24-35)41(39)33-19-8-2-9-20-33/h1-31H. The highest BCUT2D eigenvalue weighted by Crippen LogP contribution is 2.50. The van der Waals surface area contributed by atoms with Crippen molar-refractivity contribution >= 4 is 0 Å². The van der Waals surface area contributed by atoms with Gasteiger partial charge in [0, 0.05) is 11.1 Å². The molecular weight excluding hydrogens is 583 g/mol. The van der Waals surface area contributed by atoms with E-state index in [0.29, 0.717) is 11.6 Å². The summed E-state index contributed by atoms with van der Waals surface area (Å²) in [7, 11) is 0. The fraction of sp³-hybridized carbons (Fsp3) is 0. The molecule has 0 atom stereocenters. The summed E-state index contributed by atoms with van der Waals surface area (Å²) < 4.78 is 0. The minimum atomic E-state index is 0.638. The predicted octanol–water partition coefficient (Wildman–Crippen LogP) is 11.5. The summed E-state index contributed by atoms with van der Waals surface area (Å²) >= 11 is 0. The molecule has 0 saturated carbocycles. The fourth-order valence-electron chi connectivity index (χ4n) is 6.45. The third-order valence-corrected chi connectivity index (χ3v) is 8.64. The molecule has 8 rings (SSSR count). The van der Waals surface area contributed by atoms with Crippen LogP contribution in [0, 0.1) is 0 Å². The SMILES string of the molecule is c1ccc(-c2ncnc(-c3cccc(-c4cc(-c5ccccc5)c(-c5ccccc5)c(-c5ccccc5)c4-c4ccccc4)c3)n2)cc1. The lowest BCUT2D eigenvalue weighted by Gasteiger charge is -2.24. The highest BCUT2D eigenvalue weighted by Gasteiger charge is 2.24. The van der Waals surface area contributed by atoms with Gasteiger partial charge < -0.3 is 0 Å². The molecule has 0 aliphatic rings. The Hall–Kier alpha value is -6.45. The Morgan fingerprint density at radius 2 is 0.646 bits per heavy atom. The molecule has 1 aromatic heterocycles. The van der Waals surface area contributed by atoms with E-state index in [1.807, 2.05) is 30.3 Å². The van der Waals surface area contributed by atoms with E-state index in [2.05, 4.69) is 162 Å². The lowest BCUT2D eigenvalue weighted by Crippen LogP contribution is -1.98. The third kappa shape index (κ3) is 5.70. The largest absolute Gasteiger partial charge is 0.217 e. The summed E-state index contributed by atoms with van der Waals surface area (Å²) in [5, 5.41) is 0. The van der Waals surface area contributed by atoms with Gasteiger partial charge in [0.2, 0.25) is 0 Å². The maximum atomic E-state index is 4.89. The molecule has 0 amide bonds. The van der Waals surface area contributed by atoms with Crippen LogP contribution in [0.5, 0.6) is 0 Å². The van der Waals surface area contributed by atoms with Crippen LogP contribution in [0.2, 0.25) is 0 Å². The molecule has 0 unspecified atom stereocenters. The van der Waals surface area contributed by atoms with Crippen molar-refractivity contribution in [2.24, 2.45) is 0 Å². The van der Waals surface area contributed by atoms with Gasteiger partial charge in [-0.25, -0.2) is 15.0 Å². The second kappa shape index (κ2) is 13.1. The zero-order chi connectivity index (χ0) is 32.1. The van der Waals surface area contributed by atoms with E-state index in [4.69, 9.17) is 4.98 Å². The smallest absolute Gasteiger partial charge is 0.163 e. The Kier molecular flexibility index (Phi) is 7.92. The van der Waals surface area contributed by atoms with Crippen LogP contribution in [0.4, 0.5) is 0 Å². The van der Waals surface area contributed by atoms with Gasteiger partial charge >= 0.3 is 0 Å². The van der Waals surface area contributed by atoms with Gasteiger partial charge in [0.25, 0.3) is 0 Å². The minimum absolute atomic E-state index is 0.638. The van der Waals surface area contributed by atoms with Crippen molar-refractivity contribution in [2.75, 3.05) is 0 Å². The molecule has 0 spiro atoms. The molecule has 0 bridgehead atoms. The zero-order valence-corrected chi connectivity index (χ0v) is 26.2. The van der Waals surface area contributed by atoms with Crippen molar-refractivity contribution in [1.82, 2.24) is 15.0 Å². The van der Waals surface area contributed by atoms with E-state index in [1.165, 1.54) is 27.8 Å². The molecule has 0 aliphatic carbocycles. The molecule has 7 aromatic carbocycles. The third-order valence-electron chi connectivity index (χ3n) is 8.64. The van der Waals surface area contributed by atoms with E-state index in [9.17, 15) is 0 Å². The molecule has 0 radical (unpaired) electrons. The first kappa shape index (κ1) is 29.0. The molecule has 0 saturated heterocycles. The Morgan fingerprint density at radius 3 is 1.17 bits per heavy atom. The van der Waals surface area contributed by atoms with Crippen molar-refractivity contribution in [2.45, 2.75) is 0 Å². The van der Waals surface area contributed by atoms with Gasteiger partial charge in [-0.15, -0.1) is 0 Å². The van der Waals surface area contributed by atoms with E-state index < -0.39 is 0 Å². The molecule has 48 heavy (non-hydrogen) atoms. The Bertz CT molecular complexity index is 2300. The van der Waals surface area contributed by atoms with Crippen molar-refractivity contribution in [1.29, 1.82) is 0 Å². The van der Waals surface area contributed by atoms with Crippen LogP contribution in [0.1, 0.15) is 0 Å². The monoisotopic (exact) mass is 613 g/mol. The molecule has 8 aromatic rings. The summed E-state index contributed by atoms with van der Waals surface area (Å²) in [5.74, 6) is 1.29. The van der Waals surface area contributed by atoms with E-state index in [0.717, 1.165) is 38.9 Å². The first-order valence-electron chi connectivity index (χ1n) is 16.1. The fourth-order valence-corrected chi connectivity index (χ4v) is 6.45. The topological polar surface area (TPSA) is 38.7 Å². The van der Waals surface area contributed by atoms with Gasteiger partial charge in [0.1, 0.15) is 6.33 Å². The first-order valence-corrected chi connectivity index (χ1v) is 16.1. The maximum Gasteiger partial charge on any atom is 0.163 e. The van der Waals surface area contributed by atoms with E-state index >= 15 is 0 Å². The average molecular weight is 614 g/mol. The number of nitrogens with zero attached hydrogens (tertiary/aromatic N) is 3. The molecule has 0 fully saturated rings. The van der Waals surface area contributed by atoms with Crippen LogP contribution in [0.25, 0.3) is 78.4 Å². The van der Waals surface area contributed by atoms with Gasteiger partial charge in [-0.2, -0.15) is 0 Å². The van der Waals surface area contributed by atoms with Crippen LogP contribution in [0.3, 0.4) is 0 Å². The van der Waals surface area contributed by atoms with Gasteiger partial charge in [-0.1, -0.05) is 170 Å². The van der Waals surface area contributed by atoms with Crippen LogP contribution in [-0.4, -0.2) is 15.0 Å². The highest BCUT2D eigenvalue weighted by atomic mass is 15.0. The molecule has 0 N–H and O–H groups in total. The maximum absolute atomic E-state index is 4.89. The normalized spacial score (nSPS) is 10.9. The van der Waals surface area contributed by atoms with Crippen molar-refractivity contribution in [3.8, 4) is 78.4 Å². The Labute approximate surface area is 280 Å². The number of aromatic nitrogens is 3. The van der Waals surface area contributed by atoms with Gasteiger partial charge in [0.05, 0.1) is 0 Å². The van der Waals surface area contributed by atoms with Crippen LogP contribution >= 0.6 is 0 Å². The molecular formula is C45H31N3. The van der Waals surface area contributed by atoms with Crippen molar-refractivity contribution in [3.05, 3.63) is 188 Å². The predicted molar refractivity (Wildman–Crippen MR) is 198 cm³/mol. The van der Waals surface area contributed by atoms with Crippen LogP contribution < -0.4 is 0 Å². The van der Waals surface area contributed by atoms with E-state index in [-0.39, 0.29) is 0 Å². The minimum Gasteiger partial charge on any atom is -0.217 e.